The average Bonchev–Trinajstić information content (AvgIpc) is 2.01. The van der Waals surface area contributed by atoms with Crippen molar-refractivity contribution in [1.82, 2.24) is 5.32 Å². The van der Waals surface area contributed by atoms with Crippen LogP contribution in [0.2, 0.25) is 0 Å². The number of terminal acetylenes is 1. The van der Waals surface area contributed by atoms with Gasteiger partial charge in [-0.2, -0.15) is 0 Å². The molecule has 0 aliphatic rings. The summed E-state index contributed by atoms with van der Waals surface area (Å²) in [5.74, 6) is 3.23. The van der Waals surface area contributed by atoms with Crippen molar-refractivity contribution in [1.29, 1.82) is 0 Å². The normalized spacial score (nSPS) is 13.6. The van der Waals surface area contributed by atoms with Crippen LogP contribution in [0, 0.1) is 18.3 Å². The van der Waals surface area contributed by atoms with E-state index in [1.807, 2.05) is 0 Å². The van der Waals surface area contributed by atoms with E-state index < -0.39 is 0 Å². The van der Waals surface area contributed by atoms with Gasteiger partial charge in [-0.25, -0.2) is 0 Å². The minimum Gasteiger partial charge on any atom is -0.310 e. The Morgan fingerprint density at radius 2 is 2.00 bits per heavy atom. The quantitative estimate of drug-likeness (QED) is 0.374. The van der Waals surface area contributed by atoms with Gasteiger partial charge in [0.15, 0.2) is 0 Å². The standard InChI is InChI=1S/C11H19N/c1-5-6-9-12-11(4)8-7-10(2)3/h1,7-8,10-12H,6,9H2,2-4H3/b8-7+. The molecule has 0 amide bonds. The first kappa shape index (κ1) is 11.3. The fourth-order valence-corrected chi connectivity index (χ4v) is 0.829. The van der Waals surface area contributed by atoms with Crippen LogP contribution in [0.3, 0.4) is 0 Å². The molecule has 0 rings (SSSR count). The Bertz CT molecular complexity index is 162. The third kappa shape index (κ3) is 7.37. The van der Waals surface area contributed by atoms with Gasteiger partial charge in [0.05, 0.1) is 0 Å². The van der Waals surface area contributed by atoms with Crippen LogP contribution in [0.15, 0.2) is 12.2 Å². The van der Waals surface area contributed by atoms with E-state index in [1.54, 1.807) is 0 Å². The first-order chi connectivity index (χ1) is 5.66. The van der Waals surface area contributed by atoms with Gasteiger partial charge in [-0.05, 0) is 12.8 Å². The molecule has 0 aromatic rings. The molecule has 0 bridgehead atoms. The van der Waals surface area contributed by atoms with Gasteiger partial charge in [0, 0.05) is 19.0 Å². The second-order valence-corrected chi connectivity index (χ2v) is 3.33. The van der Waals surface area contributed by atoms with E-state index in [9.17, 15) is 0 Å². The highest BCUT2D eigenvalue weighted by atomic mass is 14.9. The van der Waals surface area contributed by atoms with E-state index in [0.29, 0.717) is 12.0 Å². The van der Waals surface area contributed by atoms with Crippen LogP contribution < -0.4 is 5.32 Å². The van der Waals surface area contributed by atoms with Crippen molar-refractivity contribution in [3.63, 3.8) is 0 Å². The summed E-state index contributed by atoms with van der Waals surface area (Å²) in [6.45, 7) is 7.38. The molecule has 0 saturated heterocycles. The lowest BCUT2D eigenvalue weighted by Crippen LogP contribution is -2.24. The molecule has 0 heterocycles. The van der Waals surface area contributed by atoms with E-state index in [4.69, 9.17) is 6.42 Å². The smallest absolute Gasteiger partial charge is 0.0222 e. The Hall–Kier alpha value is -0.740. The van der Waals surface area contributed by atoms with Gasteiger partial charge in [0.1, 0.15) is 0 Å². The summed E-state index contributed by atoms with van der Waals surface area (Å²) < 4.78 is 0. The molecule has 0 aliphatic carbocycles. The van der Waals surface area contributed by atoms with Crippen LogP contribution in [0.5, 0.6) is 0 Å². The Morgan fingerprint density at radius 1 is 1.33 bits per heavy atom. The molecule has 0 radical (unpaired) electrons. The average molecular weight is 165 g/mol. The number of nitrogens with one attached hydrogen (secondary N) is 1. The molecule has 1 N–H and O–H groups in total. The predicted molar refractivity (Wildman–Crippen MR) is 54.9 cm³/mol. The van der Waals surface area contributed by atoms with Crippen molar-refractivity contribution < 1.29 is 0 Å². The number of hydrogen-bond donors (Lipinski definition) is 1. The van der Waals surface area contributed by atoms with Crippen molar-refractivity contribution in [3.05, 3.63) is 12.2 Å². The zero-order valence-electron chi connectivity index (χ0n) is 8.30. The predicted octanol–water partition coefficient (Wildman–Crippen LogP) is 2.20. The summed E-state index contributed by atoms with van der Waals surface area (Å²) in [4.78, 5) is 0. The molecule has 1 atom stereocenters. The molecule has 1 heteroatoms. The molecule has 1 nitrogen and oxygen atoms in total. The lowest BCUT2D eigenvalue weighted by molar-refractivity contribution is 0.637. The van der Waals surface area contributed by atoms with Gasteiger partial charge < -0.3 is 5.32 Å². The summed E-state index contributed by atoms with van der Waals surface area (Å²) in [5, 5.41) is 3.31. The second kappa shape index (κ2) is 6.94. The number of allylic oxidation sites excluding steroid dienone is 1. The van der Waals surface area contributed by atoms with E-state index >= 15 is 0 Å². The second-order valence-electron chi connectivity index (χ2n) is 3.33. The lowest BCUT2D eigenvalue weighted by Gasteiger charge is -2.07. The molecule has 0 saturated carbocycles. The van der Waals surface area contributed by atoms with Gasteiger partial charge in [0.2, 0.25) is 0 Å². The van der Waals surface area contributed by atoms with Crippen LogP contribution in [-0.2, 0) is 0 Å². The number of hydrogen-bond acceptors (Lipinski definition) is 1. The van der Waals surface area contributed by atoms with Crippen molar-refractivity contribution in [3.8, 4) is 12.3 Å². The maximum absolute atomic E-state index is 5.13. The maximum Gasteiger partial charge on any atom is 0.0222 e. The van der Waals surface area contributed by atoms with E-state index in [2.05, 4.69) is 44.2 Å². The zero-order valence-corrected chi connectivity index (χ0v) is 8.30. The molecule has 0 aliphatic heterocycles. The zero-order chi connectivity index (χ0) is 9.40. The van der Waals surface area contributed by atoms with Gasteiger partial charge in [-0.1, -0.05) is 26.0 Å². The lowest BCUT2D eigenvalue weighted by atomic mass is 10.2. The highest BCUT2D eigenvalue weighted by Gasteiger charge is 1.93. The van der Waals surface area contributed by atoms with E-state index in [0.717, 1.165) is 13.0 Å². The summed E-state index contributed by atoms with van der Waals surface area (Å²) in [5.41, 5.74) is 0. The molecule has 0 aromatic heterocycles. The topological polar surface area (TPSA) is 12.0 Å². The molecule has 0 aromatic carbocycles. The van der Waals surface area contributed by atoms with E-state index in [1.165, 1.54) is 0 Å². The van der Waals surface area contributed by atoms with Crippen molar-refractivity contribution >= 4 is 0 Å². The van der Waals surface area contributed by atoms with Crippen LogP contribution in [0.4, 0.5) is 0 Å². The van der Waals surface area contributed by atoms with Gasteiger partial charge >= 0.3 is 0 Å². The third-order valence-electron chi connectivity index (χ3n) is 1.52. The summed E-state index contributed by atoms with van der Waals surface area (Å²) >= 11 is 0. The minimum absolute atomic E-state index is 0.431. The van der Waals surface area contributed by atoms with Gasteiger partial charge in [0.25, 0.3) is 0 Å². The SMILES string of the molecule is C#CCCNC(C)/C=C/C(C)C. The first-order valence-electron chi connectivity index (χ1n) is 4.52. The number of rotatable bonds is 5. The van der Waals surface area contributed by atoms with Gasteiger partial charge in [-0.15, -0.1) is 12.3 Å². The molecule has 0 spiro atoms. The molecule has 1 unspecified atom stereocenters. The first-order valence-corrected chi connectivity index (χ1v) is 4.52. The molecule has 0 fully saturated rings. The fourth-order valence-electron chi connectivity index (χ4n) is 0.829. The summed E-state index contributed by atoms with van der Waals surface area (Å²) in [7, 11) is 0. The Morgan fingerprint density at radius 3 is 2.50 bits per heavy atom. The monoisotopic (exact) mass is 165 g/mol. The molecular weight excluding hydrogens is 146 g/mol. The highest BCUT2D eigenvalue weighted by molar-refractivity contribution is 4.93. The fraction of sp³-hybridized carbons (Fsp3) is 0.636. The minimum atomic E-state index is 0.431. The Labute approximate surface area is 76.2 Å². The third-order valence-corrected chi connectivity index (χ3v) is 1.52. The van der Waals surface area contributed by atoms with Crippen molar-refractivity contribution in [2.24, 2.45) is 5.92 Å². The van der Waals surface area contributed by atoms with Crippen molar-refractivity contribution in [2.75, 3.05) is 6.54 Å². The van der Waals surface area contributed by atoms with Crippen LogP contribution in [0.25, 0.3) is 0 Å². The maximum atomic E-state index is 5.13. The van der Waals surface area contributed by atoms with Gasteiger partial charge in [-0.3, -0.25) is 0 Å². The van der Waals surface area contributed by atoms with Crippen LogP contribution in [-0.4, -0.2) is 12.6 Å². The van der Waals surface area contributed by atoms with Crippen LogP contribution >= 0.6 is 0 Å². The molecular formula is C11H19N. The van der Waals surface area contributed by atoms with E-state index in [-0.39, 0.29) is 0 Å². The molecule has 68 valence electrons. The largest absolute Gasteiger partial charge is 0.310 e. The highest BCUT2D eigenvalue weighted by Crippen LogP contribution is 1.95. The Kier molecular flexibility index (Phi) is 6.51. The molecule has 12 heavy (non-hydrogen) atoms. The summed E-state index contributed by atoms with van der Waals surface area (Å²) in [6, 6.07) is 0.431. The Balaban J connectivity index is 3.46. The summed E-state index contributed by atoms with van der Waals surface area (Å²) in [6.07, 6.45) is 10.3. The van der Waals surface area contributed by atoms with Crippen molar-refractivity contribution in [2.45, 2.75) is 33.2 Å². The van der Waals surface area contributed by atoms with Crippen LogP contribution in [0.1, 0.15) is 27.2 Å².